The van der Waals surface area contributed by atoms with Gasteiger partial charge in [0.05, 0.1) is 17.4 Å². The third-order valence-electron chi connectivity index (χ3n) is 3.89. The van der Waals surface area contributed by atoms with E-state index in [2.05, 4.69) is 62.9 Å². The molecule has 0 spiro atoms. The first kappa shape index (κ1) is 13.2. The van der Waals surface area contributed by atoms with Crippen LogP contribution in [0.1, 0.15) is 26.3 Å². The Hall–Kier alpha value is -1.22. The van der Waals surface area contributed by atoms with Gasteiger partial charge in [-0.3, -0.25) is 0 Å². The molecule has 1 unspecified atom stereocenters. The average molecular weight is 247 g/mol. The lowest BCUT2D eigenvalue weighted by Crippen LogP contribution is -2.50. The number of nitrogens with two attached hydrogens (primary N) is 1. The summed E-state index contributed by atoms with van der Waals surface area (Å²) in [5.41, 5.74) is 10.1. The van der Waals surface area contributed by atoms with Crippen molar-refractivity contribution in [1.82, 2.24) is 0 Å². The van der Waals surface area contributed by atoms with E-state index >= 15 is 0 Å². The van der Waals surface area contributed by atoms with Gasteiger partial charge in [-0.1, -0.05) is 32.9 Å². The van der Waals surface area contributed by atoms with Crippen LogP contribution in [0, 0.1) is 0 Å². The van der Waals surface area contributed by atoms with Crippen LogP contribution in [0.15, 0.2) is 18.2 Å². The van der Waals surface area contributed by atoms with E-state index in [4.69, 9.17) is 5.73 Å². The van der Waals surface area contributed by atoms with Crippen molar-refractivity contribution in [3.63, 3.8) is 0 Å². The predicted octanol–water partition coefficient (Wildman–Crippen LogP) is 2.20. The SMILES string of the molecule is CN1CC(CN)N(C)c2cccc(C(C)(C)C)c21. The maximum Gasteiger partial charge on any atom is 0.0640 e. The van der Waals surface area contributed by atoms with Crippen molar-refractivity contribution in [2.45, 2.75) is 32.2 Å². The lowest BCUT2D eigenvalue weighted by Gasteiger charge is -2.43. The van der Waals surface area contributed by atoms with E-state index in [1.807, 2.05) is 0 Å². The second-order valence-corrected chi connectivity index (χ2v) is 6.30. The number of hydrogen-bond donors (Lipinski definition) is 1. The van der Waals surface area contributed by atoms with Crippen molar-refractivity contribution in [2.24, 2.45) is 5.73 Å². The van der Waals surface area contributed by atoms with E-state index in [0.29, 0.717) is 12.6 Å². The normalized spacial score (nSPS) is 20.0. The van der Waals surface area contributed by atoms with Crippen LogP contribution < -0.4 is 15.5 Å². The lowest BCUT2D eigenvalue weighted by molar-refractivity contribution is 0.570. The molecular formula is C15H25N3. The molecule has 2 N–H and O–H groups in total. The summed E-state index contributed by atoms with van der Waals surface area (Å²) in [6.45, 7) is 8.50. The zero-order valence-electron chi connectivity index (χ0n) is 12.2. The minimum atomic E-state index is 0.163. The fraction of sp³-hybridized carbons (Fsp3) is 0.600. The summed E-state index contributed by atoms with van der Waals surface area (Å²) in [6, 6.07) is 7.00. The van der Waals surface area contributed by atoms with Crippen LogP contribution in [-0.4, -0.2) is 33.2 Å². The van der Waals surface area contributed by atoms with Gasteiger partial charge in [-0.25, -0.2) is 0 Å². The fourth-order valence-electron chi connectivity index (χ4n) is 2.78. The van der Waals surface area contributed by atoms with Gasteiger partial charge in [0, 0.05) is 27.2 Å². The van der Waals surface area contributed by atoms with Crippen molar-refractivity contribution in [3.8, 4) is 0 Å². The molecule has 1 aliphatic rings. The molecule has 3 heteroatoms. The highest BCUT2D eigenvalue weighted by Gasteiger charge is 2.30. The van der Waals surface area contributed by atoms with Gasteiger partial charge in [0.25, 0.3) is 0 Å². The number of hydrogen-bond acceptors (Lipinski definition) is 3. The molecule has 0 amide bonds. The van der Waals surface area contributed by atoms with Gasteiger partial charge in [0.1, 0.15) is 0 Å². The Morgan fingerprint density at radius 3 is 2.50 bits per heavy atom. The zero-order chi connectivity index (χ0) is 13.5. The van der Waals surface area contributed by atoms with E-state index in [-0.39, 0.29) is 5.41 Å². The summed E-state index contributed by atoms with van der Waals surface area (Å²) < 4.78 is 0. The molecule has 0 aromatic heterocycles. The fourth-order valence-corrected chi connectivity index (χ4v) is 2.78. The van der Waals surface area contributed by atoms with Gasteiger partial charge in [-0.2, -0.15) is 0 Å². The van der Waals surface area contributed by atoms with Crippen molar-refractivity contribution in [2.75, 3.05) is 37.0 Å². The molecular weight excluding hydrogens is 222 g/mol. The number of likely N-dealkylation sites (N-methyl/N-ethyl adjacent to an activating group) is 2. The summed E-state index contributed by atoms with van der Waals surface area (Å²) in [4.78, 5) is 4.68. The molecule has 100 valence electrons. The number of nitrogens with zero attached hydrogens (tertiary/aromatic N) is 2. The number of para-hydroxylation sites is 1. The van der Waals surface area contributed by atoms with Crippen LogP contribution in [0.5, 0.6) is 0 Å². The van der Waals surface area contributed by atoms with E-state index in [9.17, 15) is 0 Å². The van der Waals surface area contributed by atoms with Gasteiger partial charge in [-0.15, -0.1) is 0 Å². The molecule has 0 saturated heterocycles. The molecule has 0 aliphatic carbocycles. The van der Waals surface area contributed by atoms with Crippen molar-refractivity contribution >= 4 is 11.4 Å². The van der Waals surface area contributed by atoms with E-state index in [1.165, 1.54) is 16.9 Å². The number of benzene rings is 1. The van der Waals surface area contributed by atoms with Crippen LogP contribution in [0.25, 0.3) is 0 Å². The highest BCUT2D eigenvalue weighted by atomic mass is 15.3. The van der Waals surface area contributed by atoms with Crippen LogP contribution in [-0.2, 0) is 5.41 Å². The van der Waals surface area contributed by atoms with Crippen LogP contribution in [0.4, 0.5) is 11.4 Å². The summed E-state index contributed by atoms with van der Waals surface area (Å²) in [5, 5.41) is 0. The Morgan fingerprint density at radius 2 is 1.94 bits per heavy atom. The smallest absolute Gasteiger partial charge is 0.0640 e. The standard InChI is InChI=1S/C15H25N3/c1-15(2,3)12-7-6-8-13-14(12)17(4)10-11(9-16)18(13)5/h6-8,11H,9-10,16H2,1-5H3. The molecule has 0 radical (unpaired) electrons. The molecule has 0 fully saturated rings. The molecule has 1 heterocycles. The van der Waals surface area contributed by atoms with Crippen LogP contribution in [0.3, 0.4) is 0 Å². The second kappa shape index (κ2) is 4.47. The first-order valence-corrected chi connectivity index (χ1v) is 6.63. The first-order chi connectivity index (χ1) is 8.36. The van der Waals surface area contributed by atoms with E-state index in [1.54, 1.807) is 0 Å². The monoisotopic (exact) mass is 247 g/mol. The number of anilines is 2. The largest absolute Gasteiger partial charge is 0.371 e. The minimum Gasteiger partial charge on any atom is -0.371 e. The van der Waals surface area contributed by atoms with Crippen molar-refractivity contribution in [1.29, 1.82) is 0 Å². The third-order valence-corrected chi connectivity index (χ3v) is 3.89. The highest BCUT2D eigenvalue weighted by Crippen LogP contribution is 2.41. The van der Waals surface area contributed by atoms with E-state index < -0.39 is 0 Å². The summed E-state index contributed by atoms with van der Waals surface area (Å²) in [7, 11) is 4.32. The average Bonchev–Trinajstić information content (AvgIpc) is 2.31. The van der Waals surface area contributed by atoms with Gasteiger partial charge < -0.3 is 15.5 Å². The minimum absolute atomic E-state index is 0.163. The molecule has 1 aromatic rings. The molecule has 18 heavy (non-hydrogen) atoms. The van der Waals surface area contributed by atoms with Gasteiger partial charge in [0.2, 0.25) is 0 Å². The van der Waals surface area contributed by atoms with Gasteiger partial charge in [0.15, 0.2) is 0 Å². The molecule has 1 aromatic carbocycles. The second-order valence-electron chi connectivity index (χ2n) is 6.30. The highest BCUT2D eigenvalue weighted by molar-refractivity contribution is 5.78. The Labute approximate surface area is 111 Å². The first-order valence-electron chi connectivity index (χ1n) is 6.63. The third kappa shape index (κ3) is 2.07. The maximum atomic E-state index is 5.87. The predicted molar refractivity (Wildman–Crippen MR) is 79.7 cm³/mol. The Morgan fingerprint density at radius 1 is 1.28 bits per heavy atom. The maximum absolute atomic E-state index is 5.87. The summed E-state index contributed by atoms with van der Waals surface area (Å²) in [6.07, 6.45) is 0. The summed E-state index contributed by atoms with van der Waals surface area (Å²) in [5.74, 6) is 0. The molecule has 0 saturated carbocycles. The molecule has 2 rings (SSSR count). The quantitative estimate of drug-likeness (QED) is 0.826. The molecule has 0 bridgehead atoms. The zero-order valence-corrected chi connectivity index (χ0v) is 12.2. The van der Waals surface area contributed by atoms with Gasteiger partial charge >= 0.3 is 0 Å². The van der Waals surface area contributed by atoms with Crippen molar-refractivity contribution < 1.29 is 0 Å². The van der Waals surface area contributed by atoms with E-state index in [0.717, 1.165) is 6.54 Å². The number of fused-ring (bicyclic) bond motifs is 1. The Kier molecular flexibility index (Phi) is 3.28. The molecule has 1 atom stereocenters. The summed E-state index contributed by atoms with van der Waals surface area (Å²) >= 11 is 0. The Balaban J connectivity index is 2.57. The Bertz CT molecular complexity index is 434. The molecule has 1 aliphatic heterocycles. The van der Waals surface area contributed by atoms with Crippen molar-refractivity contribution in [3.05, 3.63) is 23.8 Å². The topological polar surface area (TPSA) is 32.5 Å². The lowest BCUT2D eigenvalue weighted by atomic mass is 9.84. The van der Waals surface area contributed by atoms with Gasteiger partial charge in [-0.05, 0) is 17.0 Å². The van der Waals surface area contributed by atoms with Crippen LogP contribution in [0.2, 0.25) is 0 Å². The molecule has 3 nitrogen and oxygen atoms in total. The van der Waals surface area contributed by atoms with Crippen LogP contribution >= 0.6 is 0 Å². The number of rotatable bonds is 1.